The first-order valence-corrected chi connectivity index (χ1v) is 8.77. The third-order valence-corrected chi connectivity index (χ3v) is 4.91. The zero-order valence-electron chi connectivity index (χ0n) is 11.6. The summed E-state index contributed by atoms with van der Waals surface area (Å²) < 4.78 is 0. The van der Waals surface area contributed by atoms with Crippen LogP contribution < -0.4 is 5.32 Å². The van der Waals surface area contributed by atoms with Crippen molar-refractivity contribution in [2.75, 3.05) is 11.9 Å². The van der Waals surface area contributed by atoms with Gasteiger partial charge in [0.05, 0.1) is 21.3 Å². The molecule has 1 aromatic heterocycles. The number of thioether (sulfide) groups is 1. The second-order valence-electron chi connectivity index (χ2n) is 4.84. The molecule has 1 aliphatic rings. The Balaban J connectivity index is 2.11. The molecule has 3 nitrogen and oxygen atoms in total. The summed E-state index contributed by atoms with van der Waals surface area (Å²) in [5, 5.41) is 4.55. The van der Waals surface area contributed by atoms with E-state index in [4.69, 9.17) is 23.2 Å². The molecule has 110 valence electrons. The highest BCUT2D eigenvalue weighted by molar-refractivity contribution is 7.98. The van der Waals surface area contributed by atoms with Crippen molar-refractivity contribution >= 4 is 40.8 Å². The minimum atomic E-state index is 0.578. The number of halogens is 2. The van der Waals surface area contributed by atoms with Gasteiger partial charge in [0.15, 0.2) is 5.82 Å². The molecule has 0 unspecified atom stereocenters. The van der Waals surface area contributed by atoms with Crippen LogP contribution in [0.4, 0.5) is 5.82 Å². The van der Waals surface area contributed by atoms with Crippen LogP contribution in [0.15, 0.2) is 18.2 Å². The molecule has 0 spiro atoms. The molecule has 0 saturated carbocycles. The van der Waals surface area contributed by atoms with Gasteiger partial charge in [0.1, 0.15) is 5.82 Å². The highest BCUT2D eigenvalue weighted by Crippen LogP contribution is 2.38. The molecule has 0 bridgehead atoms. The maximum Gasteiger partial charge on any atom is 0.164 e. The van der Waals surface area contributed by atoms with Crippen LogP contribution in [-0.4, -0.2) is 16.5 Å². The van der Waals surface area contributed by atoms with Crippen molar-refractivity contribution in [1.82, 2.24) is 9.97 Å². The van der Waals surface area contributed by atoms with Crippen LogP contribution in [0.25, 0.3) is 11.4 Å². The third-order valence-electron chi connectivity index (χ3n) is 3.31. The van der Waals surface area contributed by atoms with Crippen molar-refractivity contribution in [2.24, 2.45) is 0 Å². The van der Waals surface area contributed by atoms with Gasteiger partial charge in [-0.15, -0.1) is 0 Å². The van der Waals surface area contributed by atoms with Gasteiger partial charge in [-0.1, -0.05) is 36.2 Å². The molecule has 6 heteroatoms. The number of rotatable bonds is 4. The Bertz CT molecular complexity index is 656. The Kier molecular flexibility index (Phi) is 4.57. The summed E-state index contributed by atoms with van der Waals surface area (Å²) in [5.41, 5.74) is 3.00. The average Bonchev–Trinajstić information content (AvgIpc) is 2.93. The molecular weight excluding hydrogens is 325 g/mol. The lowest BCUT2D eigenvalue weighted by Gasteiger charge is -2.12. The van der Waals surface area contributed by atoms with E-state index in [9.17, 15) is 0 Å². The number of anilines is 1. The minimum Gasteiger partial charge on any atom is -0.370 e. The van der Waals surface area contributed by atoms with Crippen molar-refractivity contribution < 1.29 is 0 Å². The SMILES string of the molecule is CCCNc1nc(-c2c(Cl)cccc2Cl)nc2c1CSC2. The van der Waals surface area contributed by atoms with Crippen molar-refractivity contribution in [3.05, 3.63) is 39.5 Å². The first-order valence-electron chi connectivity index (χ1n) is 6.86. The van der Waals surface area contributed by atoms with E-state index in [1.807, 2.05) is 30.0 Å². The fourth-order valence-corrected chi connectivity index (χ4v) is 3.87. The van der Waals surface area contributed by atoms with Gasteiger partial charge in [-0.05, 0) is 18.6 Å². The standard InChI is InChI=1S/C15H15Cl2N3S/c1-2-6-18-14-9-7-21-8-12(9)19-15(20-14)13-10(16)4-3-5-11(13)17/h3-5H,2,6-8H2,1H3,(H,18,19,20). The Labute approximate surface area is 138 Å². The van der Waals surface area contributed by atoms with Gasteiger partial charge in [0.25, 0.3) is 0 Å². The average molecular weight is 340 g/mol. The highest BCUT2D eigenvalue weighted by Gasteiger charge is 2.21. The van der Waals surface area contributed by atoms with Crippen molar-refractivity contribution in [3.63, 3.8) is 0 Å². The number of fused-ring (bicyclic) bond motifs is 1. The number of hydrogen-bond acceptors (Lipinski definition) is 4. The summed E-state index contributed by atoms with van der Waals surface area (Å²) in [4.78, 5) is 9.34. The molecule has 0 aliphatic carbocycles. The fourth-order valence-electron chi connectivity index (χ4n) is 2.26. The van der Waals surface area contributed by atoms with E-state index in [2.05, 4.69) is 22.2 Å². The summed E-state index contributed by atoms with van der Waals surface area (Å²) in [6.07, 6.45) is 1.05. The first kappa shape index (κ1) is 14.9. The Morgan fingerprint density at radius 2 is 1.95 bits per heavy atom. The lowest BCUT2D eigenvalue weighted by molar-refractivity contribution is 0.955. The van der Waals surface area contributed by atoms with E-state index in [0.717, 1.165) is 36.0 Å². The molecule has 2 heterocycles. The minimum absolute atomic E-state index is 0.578. The molecule has 21 heavy (non-hydrogen) atoms. The Morgan fingerprint density at radius 3 is 2.67 bits per heavy atom. The van der Waals surface area contributed by atoms with E-state index in [0.29, 0.717) is 21.4 Å². The van der Waals surface area contributed by atoms with Gasteiger partial charge in [0, 0.05) is 23.6 Å². The largest absolute Gasteiger partial charge is 0.370 e. The third kappa shape index (κ3) is 2.98. The van der Waals surface area contributed by atoms with Gasteiger partial charge in [-0.3, -0.25) is 0 Å². The summed E-state index contributed by atoms with van der Waals surface area (Å²) >= 11 is 14.4. The van der Waals surface area contributed by atoms with E-state index in [-0.39, 0.29) is 0 Å². The molecule has 1 aliphatic heterocycles. The molecule has 0 fully saturated rings. The predicted molar refractivity (Wildman–Crippen MR) is 91.3 cm³/mol. The van der Waals surface area contributed by atoms with Crippen molar-refractivity contribution in [1.29, 1.82) is 0 Å². The Hall–Kier alpha value is -0.970. The normalized spacial score (nSPS) is 13.3. The predicted octanol–water partition coefficient (Wildman–Crippen LogP) is 5.02. The fraction of sp³-hybridized carbons (Fsp3) is 0.333. The van der Waals surface area contributed by atoms with Crippen LogP contribution in [0, 0.1) is 0 Å². The van der Waals surface area contributed by atoms with E-state index in [1.165, 1.54) is 5.56 Å². The topological polar surface area (TPSA) is 37.8 Å². The van der Waals surface area contributed by atoms with Gasteiger partial charge in [-0.25, -0.2) is 9.97 Å². The smallest absolute Gasteiger partial charge is 0.164 e. The molecule has 1 aromatic carbocycles. The first-order chi connectivity index (χ1) is 10.2. The highest BCUT2D eigenvalue weighted by atomic mass is 35.5. The molecule has 0 atom stereocenters. The van der Waals surface area contributed by atoms with Crippen molar-refractivity contribution in [3.8, 4) is 11.4 Å². The van der Waals surface area contributed by atoms with Gasteiger partial charge >= 0.3 is 0 Å². The summed E-state index contributed by atoms with van der Waals surface area (Å²) in [7, 11) is 0. The number of nitrogens with one attached hydrogen (secondary N) is 1. The van der Waals surface area contributed by atoms with Gasteiger partial charge in [0.2, 0.25) is 0 Å². The molecule has 2 aromatic rings. The molecular formula is C15H15Cl2N3S. The summed E-state index contributed by atoms with van der Waals surface area (Å²) in [5.74, 6) is 3.38. The second kappa shape index (κ2) is 6.42. The van der Waals surface area contributed by atoms with Crippen LogP contribution in [0.2, 0.25) is 10.0 Å². The van der Waals surface area contributed by atoms with Crippen LogP contribution in [0.1, 0.15) is 24.6 Å². The lowest BCUT2D eigenvalue weighted by Crippen LogP contribution is -2.08. The molecule has 0 radical (unpaired) electrons. The quantitative estimate of drug-likeness (QED) is 0.848. The number of benzene rings is 1. The number of hydrogen-bond donors (Lipinski definition) is 1. The van der Waals surface area contributed by atoms with Crippen LogP contribution in [-0.2, 0) is 11.5 Å². The van der Waals surface area contributed by atoms with Crippen LogP contribution in [0.5, 0.6) is 0 Å². The monoisotopic (exact) mass is 339 g/mol. The van der Waals surface area contributed by atoms with Crippen LogP contribution in [0.3, 0.4) is 0 Å². The number of aromatic nitrogens is 2. The molecule has 0 saturated heterocycles. The van der Waals surface area contributed by atoms with Crippen LogP contribution >= 0.6 is 35.0 Å². The maximum absolute atomic E-state index is 6.28. The van der Waals surface area contributed by atoms with Gasteiger partial charge in [-0.2, -0.15) is 11.8 Å². The van der Waals surface area contributed by atoms with E-state index >= 15 is 0 Å². The molecule has 3 rings (SSSR count). The zero-order chi connectivity index (χ0) is 14.8. The lowest BCUT2D eigenvalue weighted by atomic mass is 10.1. The van der Waals surface area contributed by atoms with Crippen molar-refractivity contribution in [2.45, 2.75) is 24.9 Å². The second-order valence-corrected chi connectivity index (χ2v) is 6.64. The van der Waals surface area contributed by atoms with Gasteiger partial charge < -0.3 is 5.32 Å². The Morgan fingerprint density at radius 1 is 1.19 bits per heavy atom. The zero-order valence-corrected chi connectivity index (χ0v) is 13.9. The van der Waals surface area contributed by atoms with E-state index < -0.39 is 0 Å². The number of nitrogens with zero attached hydrogens (tertiary/aromatic N) is 2. The maximum atomic E-state index is 6.28. The summed E-state index contributed by atoms with van der Waals surface area (Å²) in [6, 6.07) is 5.45. The molecule has 1 N–H and O–H groups in total. The van der Waals surface area contributed by atoms with E-state index in [1.54, 1.807) is 0 Å². The summed E-state index contributed by atoms with van der Waals surface area (Å²) in [6.45, 7) is 3.03. The molecule has 0 amide bonds.